The molecule has 0 aliphatic heterocycles. The molecule has 1 aromatic rings. The van der Waals surface area contributed by atoms with E-state index in [1.807, 2.05) is 0 Å². The molecule has 0 saturated heterocycles. The Labute approximate surface area is 110 Å². The first-order valence-electron chi connectivity index (χ1n) is 5.84. The molecule has 0 saturated carbocycles. The average Bonchev–Trinajstić information content (AvgIpc) is 2.33. The molecule has 1 aromatic carbocycles. The van der Waals surface area contributed by atoms with Crippen molar-refractivity contribution in [2.75, 3.05) is 0 Å². The maximum atomic E-state index is 13.4. The monoisotopic (exact) mass is 268 g/mol. The van der Waals surface area contributed by atoms with Crippen molar-refractivity contribution in [1.29, 1.82) is 0 Å². The van der Waals surface area contributed by atoms with Crippen LogP contribution in [0.3, 0.4) is 0 Å². The molecular formula is C13H17FN2O3. The second-order valence-corrected chi connectivity index (χ2v) is 4.43. The summed E-state index contributed by atoms with van der Waals surface area (Å²) >= 11 is 0. The van der Waals surface area contributed by atoms with E-state index in [-0.39, 0.29) is 12.4 Å². The Morgan fingerprint density at radius 1 is 1.32 bits per heavy atom. The van der Waals surface area contributed by atoms with Crippen molar-refractivity contribution in [1.82, 2.24) is 10.6 Å². The van der Waals surface area contributed by atoms with Crippen LogP contribution in [-0.4, -0.2) is 23.1 Å². The third-order valence-electron chi connectivity index (χ3n) is 2.67. The predicted molar refractivity (Wildman–Crippen MR) is 68.3 cm³/mol. The number of benzene rings is 1. The molecule has 1 unspecified atom stereocenters. The maximum absolute atomic E-state index is 13.4. The molecule has 0 aliphatic rings. The molecule has 1 atom stereocenters. The number of carbonyl (C=O) groups excluding carboxylic acids is 1. The Morgan fingerprint density at radius 3 is 2.32 bits per heavy atom. The SMILES string of the molecule is Cc1cc(CNC(=O)NC(C)C(=O)O)cc(C)c1F. The zero-order valence-corrected chi connectivity index (χ0v) is 11.1. The molecular weight excluding hydrogens is 251 g/mol. The van der Waals surface area contributed by atoms with Crippen LogP contribution in [0.5, 0.6) is 0 Å². The molecule has 1 rings (SSSR count). The van der Waals surface area contributed by atoms with Crippen molar-refractivity contribution in [3.8, 4) is 0 Å². The van der Waals surface area contributed by atoms with Gasteiger partial charge in [-0.05, 0) is 37.5 Å². The maximum Gasteiger partial charge on any atom is 0.325 e. The number of aryl methyl sites for hydroxylation is 2. The van der Waals surface area contributed by atoms with Gasteiger partial charge in [-0.2, -0.15) is 0 Å². The van der Waals surface area contributed by atoms with Gasteiger partial charge in [-0.15, -0.1) is 0 Å². The highest BCUT2D eigenvalue weighted by atomic mass is 19.1. The number of urea groups is 1. The summed E-state index contributed by atoms with van der Waals surface area (Å²) in [6.07, 6.45) is 0. The number of nitrogens with one attached hydrogen (secondary N) is 2. The Morgan fingerprint density at radius 2 is 1.84 bits per heavy atom. The Balaban J connectivity index is 2.58. The lowest BCUT2D eigenvalue weighted by Crippen LogP contribution is -2.44. The third-order valence-corrected chi connectivity index (χ3v) is 2.67. The highest BCUT2D eigenvalue weighted by molar-refractivity contribution is 5.82. The highest BCUT2D eigenvalue weighted by Crippen LogP contribution is 2.14. The average molecular weight is 268 g/mol. The summed E-state index contributed by atoms with van der Waals surface area (Å²) < 4.78 is 13.4. The summed E-state index contributed by atoms with van der Waals surface area (Å²) in [4.78, 5) is 22.0. The number of hydrogen-bond donors (Lipinski definition) is 3. The largest absolute Gasteiger partial charge is 0.480 e. The van der Waals surface area contributed by atoms with E-state index >= 15 is 0 Å². The van der Waals surface area contributed by atoms with Crippen LogP contribution in [0.2, 0.25) is 0 Å². The number of carbonyl (C=O) groups is 2. The fourth-order valence-electron chi connectivity index (χ4n) is 1.63. The molecule has 0 aromatic heterocycles. The summed E-state index contributed by atoms with van der Waals surface area (Å²) in [5.74, 6) is -1.36. The van der Waals surface area contributed by atoms with E-state index in [4.69, 9.17) is 5.11 Å². The van der Waals surface area contributed by atoms with Gasteiger partial charge in [-0.3, -0.25) is 4.79 Å². The summed E-state index contributed by atoms with van der Waals surface area (Å²) in [7, 11) is 0. The Bertz CT molecular complexity index is 480. The van der Waals surface area contributed by atoms with Gasteiger partial charge in [0.2, 0.25) is 0 Å². The second-order valence-electron chi connectivity index (χ2n) is 4.43. The van der Waals surface area contributed by atoms with E-state index in [2.05, 4.69) is 10.6 Å². The van der Waals surface area contributed by atoms with Gasteiger partial charge in [-0.25, -0.2) is 9.18 Å². The smallest absolute Gasteiger partial charge is 0.325 e. The van der Waals surface area contributed by atoms with Gasteiger partial charge in [0.1, 0.15) is 11.9 Å². The number of halogens is 1. The fraction of sp³-hybridized carbons (Fsp3) is 0.385. The molecule has 2 amide bonds. The Hall–Kier alpha value is -2.11. The first-order valence-corrected chi connectivity index (χ1v) is 5.84. The summed E-state index contributed by atoms with van der Waals surface area (Å²) in [5, 5.41) is 13.4. The van der Waals surface area contributed by atoms with Gasteiger partial charge < -0.3 is 15.7 Å². The molecule has 5 nitrogen and oxygen atoms in total. The fourth-order valence-corrected chi connectivity index (χ4v) is 1.63. The lowest BCUT2D eigenvalue weighted by Gasteiger charge is -2.11. The van der Waals surface area contributed by atoms with Gasteiger partial charge in [0.25, 0.3) is 0 Å². The van der Waals surface area contributed by atoms with Crippen LogP contribution in [0.4, 0.5) is 9.18 Å². The van der Waals surface area contributed by atoms with Crippen LogP contribution in [0.1, 0.15) is 23.6 Å². The van der Waals surface area contributed by atoms with Crippen LogP contribution in [0.15, 0.2) is 12.1 Å². The first kappa shape index (κ1) is 14.9. The molecule has 104 valence electrons. The van der Waals surface area contributed by atoms with E-state index in [0.29, 0.717) is 11.1 Å². The van der Waals surface area contributed by atoms with Crippen LogP contribution < -0.4 is 10.6 Å². The summed E-state index contributed by atoms with van der Waals surface area (Å²) in [6.45, 7) is 4.88. The highest BCUT2D eigenvalue weighted by Gasteiger charge is 2.13. The Kier molecular flexibility index (Phi) is 4.86. The molecule has 6 heteroatoms. The van der Waals surface area contributed by atoms with Crippen LogP contribution in [-0.2, 0) is 11.3 Å². The lowest BCUT2D eigenvalue weighted by atomic mass is 10.1. The first-order chi connectivity index (χ1) is 8.81. The molecule has 0 fully saturated rings. The van der Waals surface area contributed by atoms with E-state index in [1.54, 1.807) is 26.0 Å². The number of carboxylic acids is 1. The lowest BCUT2D eigenvalue weighted by molar-refractivity contribution is -0.138. The van der Waals surface area contributed by atoms with Gasteiger partial charge in [0, 0.05) is 6.54 Å². The van der Waals surface area contributed by atoms with Gasteiger partial charge in [-0.1, -0.05) is 12.1 Å². The van der Waals surface area contributed by atoms with E-state index in [0.717, 1.165) is 5.56 Å². The van der Waals surface area contributed by atoms with Crippen molar-refractivity contribution in [3.63, 3.8) is 0 Å². The zero-order chi connectivity index (χ0) is 14.6. The number of aliphatic carboxylic acids is 1. The van der Waals surface area contributed by atoms with E-state index in [9.17, 15) is 14.0 Å². The standard InChI is InChI=1S/C13H17FN2O3/c1-7-4-10(5-8(2)11(7)14)6-15-13(19)16-9(3)12(17)18/h4-5,9H,6H2,1-3H3,(H,17,18)(H2,15,16,19). The molecule has 0 radical (unpaired) electrons. The molecule has 0 spiro atoms. The van der Waals surface area contributed by atoms with Crippen LogP contribution in [0.25, 0.3) is 0 Å². The van der Waals surface area contributed by atoms with Crippen molar-refractivity contribution in [3.05, 3.63) is 34.6 Å². The topological polar surface area (TPSA) is 78.4 Å². The van der Waals surface area contributed by atoms with Crippen molar-refractivity contribution in [2.24, 2.45) is 0 Å². The van der Waals surface area contributed by atoms with Crippen molar-refractivity contribution < 1.29 is 19.1 Å². The third kappa shape index (κ3) is 4.24. The zero-order valence-electron chi connectivity index (χ0n) is 11.1. The summed E-state index contributed by atoms with van der Waals surface area (Å²) in [5.41, 5.74) is 1.78. The molecule has 0 aliphatic carbocycles. The number of carboxylic acid groups (broad SMARTS) is 1. The molecule has 0 heterocycles. The minimum atomic E-state index is -1.11. The molecule has 19 heavy (non-hydrogen) atoms. The predicted octanol–water partition coefficient (Wildman–Crippen LogP) is 1.71. The molecule has 3 N–H and O–H groups in total. The summed E-state index contributed by atoms with van der Waals surface area (Å²) in [6, 6.07) is 1.75. The second kappa shape index (κ2) is 6.17. The van der Waals surface area contributed by atoms with Crippen molar-refractivity contribution >= 4 is 12.0 Å². The number of amides is 2. The number of hydrogen-bond acceptors (Lipinski definition) is 2. The number of rotatable bonds is 4. The normalized spacial score (nSPS) is 11.8. The minimum absolute atomic E-state index is 0.208. The minimum Gasteiger partial charge on any atom is -0.480 e. The van der Waals surface area contributed by atoms with E-state index < -0.39 is 18.0 Å². The van der Waals surface area contributed by atoms with Crippen LogP contribution >= 0.6 is 0 Å². The molecule has 0 bridgehead atoms. The van der Waals surface area contributed by atoms with Crippen LogP contribution in [0, 0.1) is 19.7 Å². The van der Waals surface area contributed by atoms with Crippen molar-refractivity contribution in [2.45, 2.75) is 33.4 Å². The van der Waals surface area contributed by atoms with Gasteiger partial charge in [0.15, 0.2) is 0 Å². The van der Waals surface area contributed by atoms with Gasteiger partial charge in [0.05, 0.1) is 0 Å². The van der Waals surface area contributed by atoms with E-state index in [1.165, 1.54) is 6.92 Å². The quantitative estimate of drug-likeness (QED) is 0.778. The van der Waals surface area contributed by atoms with Gasteiger partial charge >= 0.3 is 12.0 Å².